The number of hydrogen-bond donors (Lipinski definition) is 1. The van der Waals surface area contributed by atoms with Crippen LogP contribution in [0.15, 0.2) is 78.9 Å². The zero-order valence-electron chi connectivity index (χ0n) is 22.3. The predicted molar refractivity (Wildman–Crippen MR) is 155 cm³/mol. The lowest BCUT2D eigenvalue weighted by Crippen LogP contribution is -2.54. The molecule has 0 spiro atoms. The van der Waals surface area contributed by atoms with Crippen LogP contribution in [0.5, 0.6) is 0 Å². The molecular weight excluding hydrogens is 553 g/mol. The van der Waals surface area contributed by atoms with Crippen molar-refractivity contribution in [2.75, 3.05) is 17.1 Å². The smallest absolute Gasteiger partial charge is 0.244 e. The lowest BCUT2D eigenvalue weighted by atomic mass is 10.0. The Morgan fingerprint density at radius 3 is 2.17 bits per heavy atom. The second-order valence-electron chi connectivity index (χ2n) is 10.1. The maximum atomic E-state index is 14.0. The van der Waals surface area contributed by atoms with Crippen LogP contribution in [-0.4, -0.2) is 50.0 Å². The van der Waals surface area contributed by atoms with E-state index in [1.807, 2.05) is 30.3 Å². The van der Waals surface area contributed by atoms with Gasteiger partial charge in [-0.3, -0.25) is 13.9 Å². The molecule has 1 N–H and O–H groups in total. The summed E-state index contributed by atoms with van der Waals surface area (Å²) in [5.41, 5.74) is 1.74. The van der Waals surface area contributed by atoms with Crippen molar-refractivity contribution in [3.05, 3.63) is 101 Å². The molecule has 2 amide bonds. The van der Waals surface area contributed by atoms with E-state index in [2.05, 4.69) is 5.32 Å². The summed E-state index contributed by atoms with van der Waals surface area (Å²) in [6.07, 6.45) is 5.04. The number of benzene rings is 3. The number of anilines is 1. The molecule has 10 heteroatoms. The van der Waals surface area contributed by atoms with Crippen molar-refractivity contribution in [3.8, 4) is 0 Å². The molecule has 212 valence electrons. The molecule has 4 rings (SSSR count). The molecule has 1 atom stereocenters. The first-order valence-electron chi connectivity index (χ1n) is 13.2. The van der Waals surface area contributed by atoms with Gasteiger partial charge in [-0.15, -0.1) is 0 Å². The number of nitrogens with zero attached hydrogens (tertiary/aromatic N) is 2. The van der Waals surface area contributed by atoms with E-state index < -0.39 is 34.3 Å². The van der Waals surface area contributed by atoms with Gasteiger partial charge >= 0.3 is 0 Å². The third-order valence-corrected chi connectivity index (χ3v) is 8.43. The van der Waals surface area contributed by atoms with Gasteiger partial charge in [0.2, 0.25) is 21.8 Å². The summed E-state index contributed by atoms with van der Waals surface area (Å²) in [4.78, 5) is 29.2. The van der Waals surface area contributed by atoms with Crippen LogP contribution in [0.1, 0.15) is 36.8 Å². The molecule has 0 aromatic heterocycles. The molecule has 1 aliphatic rings. The molecular formula is C30H33ClFN3O4S. The van der Waals surface area contributed by atoms with Crippen molar-refractivity contribution in [1.82, 2.24) is 10.2 Å². The fourth-order valence-corrected chi connectivity index (χ4v) is 5.90. The van der Waals surface area contributed by atoms with Gasteiger partial charge in [0.1, 0.15) is 18.4 Å². The summed E-state index contributed by atoms with van der Waals surface area (Å²) in [6.45, 7) is -0.531. The number of hydrogen-bond acceptors (Lipinski definition) is 4. The average molecular weight is 586 g/mol. The molecule has 0 radical (unpaired) electrons. The van der Waals surface area contributed by atoms with E-state index in [-0.39, 0.29) is 30.6 Å². The standard InChI is InChI=1S/C30H33ClFN3O4S/c1-40(38,39)35(27-17-13-24(31)14-18-27)21-29(36)34(20-23-11-15-25(32)16-12-23)28(19-22-7-3-2-4-8-22)30(37)33-26-9-5-6-10-26/h2-4,7-8,11-18,26,28H,5-6,9-10,19-21H2,1H3,(H,33,37)/t28-/m0/s1. The average Bonchev–Trinajstić information content (AvgIpc) is 3.44. The SMILES string of the molecule is CS(=O)(=O)N(CC(=O)N(Cc1ccc(F)cc1)[C@@H](Cc1ccccc1)C(=O)NC1CCCC1)c1ccc(Cl)cc1. The second kappa shape index (κ2) is 13.3. The first kappa shape index (κ1) is 29.6. The molecule has 3 aromatic carbocycles. The van der Waals surface area contributed by atoms with Crippen LogP contribution in [0.2, 0.25) is 5.02 Å². The highest BCUT2D eigenvalue weighted by Gasteiger charge is 2.34. The normalized spacial score (nSPS) is 14.5. The Bertz CT molecular complexity index is 1400. The van der Waals surface area contributed by atoms with Gasteiger partial charge in [-0.25, -0.2) is 12.8 Å². The molecule has 40 heavy (non-hydrogen) atoms. The Hall–Kier alpha value is -3.43. The largest absolute Gasteiger partial charge is 0.352 e. The van der Waals surface area contributed by atoms with Crippen molar-refractivity contribution >= 4 is 39.1 Å². The topological polar surface area (TPSA) is 86.8 Å². The van der Waals surface area contributed by atoms with Crippen molar-refractivity contribution in [2.45, 2.75) is 50.7 Å². The van der Waals surface area contributed by atoms with Gasteiger partial charge in [0.05, 0.1) is 11.9 Å². The zero-order valence-corrected chi connectivity index (χ0v) is 23.9. The van der Waals surface area contributed by atoms with Gasteiger partial charge < -0.3 is 10.2 Å². The van der Waals surface area contributed by atoms with E-state index in [1.54, 1.807) is 24.3 Å². The van der Waals surface area contributed by atoms with Crippen molar-refractivity contribution in [1.29, 1.82) is 0 Å². The number of halogens is 2. The van der Waals surface area contributed by atoms with Crippen molar-refractivity contribution in [2.24, 2.45) is 0 Å². The highest BCUT2D eigenvalue weighted by atomic mass is 35.5. The number of nitrogens with one attached hydrogen (secondary N) is 1. The molecule has 1 aliphatic carbocycles. The van der Waals surface area contributed by atoms with Crippen LogP contribution in [0, 0.1) is 5.82 Å². The number of amides is 2. The molecule has 0 saturated heterocycles. The third-order valence-electron chi connectivity index (χ3n) is 7.03. The molecule has 1 saturated carbocycles. The predicted octanol–water partition coefficient (Wildman–Crippen LogP) is 4.94. The Labute approximate surface area is 240 Å². The van der Waals surface area contributed by atoms with Gasteiger partial charge in [0.25, 0.3) is 0 Å². The van der Waals surface area contributed by atoms with Crippen LogP contribution < -0.4 is 9.62 Å². The summed E-state index contributed by atoms with van der Waals surface area (Å²) >= 11 is 6.00. The van der Waals surface area contributed by atoms with Gasteiger partial charge in [0.15, 0.2) is 0 Å². The first-order chi connectivity index (χ1) is 19.1. The van der Waals surface area contributed by atoms with Crippen LogP contribution in [0.3, 0.4) is 0 Å². The minimum Gasteiger partial charge on any atom is -0.352 e. The summed E-state index contributed by atoms with van der Waals surface area (Å²) < 4.78 is 40.3. The van der Waals surface area contributed by atoms with Crippen LogP contribution in [-0.2, 0) is 32.6 Å². The quantitative estimate of drug-likeness (QED) is 0.345. The fraction of sp³-hybridized carbons (Fsp3) is 0.333. The zero-order chi connectivity index (χ0) is 28.7. The summed E-state index contributed by atoms with van der Waals surface area (Å²) in [6, 6.07) is 20.3. The Morgan fingerprint density at radius 1 is 0.950 bits per heavy atom. The van der Waals surface area contributed by atoms with Crippen LogP contribution in [0.4, 0.5) is 10.1 Å². The molecule has 0 aliphatic heterocycles. The number of rotatable bonds is 11. The molecule has 0 heterocycles. The Balaban J connectivity index is 1.71. The molecule has 1 fully saturated rings. The monoisotopic (exact) mass is 585 g/mol. The Kier molecular flexibility index (Phi) is 9.81. The summed E-state index contributed by atoms with van der Waals surface area (Å²) in [7, 11) is -3.87. The van der Waals surface area contributed by atoms with E-state index >= 15 is 0 Å². The number of carbonyl (C=O) groups excluding carboxylic acids is 2. The molecule has 0 bridgehead atoms. The maximum Gasteiger partial charge on any atom is 0.244 e. The van der Waals surface area contributed by atoms with Gasteiger partial charge in [-0.1, -0.05) is 66.9 Å². The number of carbonyl (C=O) groups is 2. The fourth-order valence-electron chi connectivity index (χ4n) is 4.93. The van der Waals surface area contributed by atoms with E-state index in [9.17, 15) is 22.4 Å². The van der Waals surface area contributed by atoms with Crippen molar-refractivity contribution in [3.63, 3.8) is 0 Å². The van der Waals surface area contributed by atoms with Gasteiger partial charge in [-0.2, -0.15) is 0 Å². The van der Waals surface area contributed by atoms with Gasteiger partial charge in [0, 0.05) is 24.0 Å². The maximum absolute atomic E-state index is 14.0. The minimum absolute atomic E-state index is 0.00702. The molecule has 3 aromatic rings. The highest BCUT2D eigenvalue weighted by Crippen LogP contribution is 2.23. The lowest BCUT2D eigenvalue weighted by molar-refractivity contribution is -0.140. The second-order valence-corrected chi connectivity index (χ2v) is 12.4. The van der Waals surface area contributed by atoms with E-state index in [4.69, 9.17) is 11.6 Å². The summed E-state index contributed by atoms with van der Waals surface area (Å²) in [5.74, 6) is -1.29. The lowest BCUT2D eigenvalue weighted by Gasteiger charge is -2.34. The Morgan fingerprint density at radius 2 is 1.57 bits per heavy atom. The van der Waals surface area contributed by atoms with Crippen LogP contribution in [0.25, 0.3) is 0 Å². The molecule has 0 unspecified atom stereocenters. The number of sulfonamides is 1. The van der Waals surface area contributed by atoms with Crippen molar-refractivity contribution < 1.29 is 22.4 Å². The van der Waals surface area contributed by atoms with E-state index in [1.165, 1.54) is 29.2 Å². The van der Waals surface area contributed by atoms with Gasteiger partial charge in [-0.05, 0) is 60.4 Å². The minimum atomic E-state index is -3.87. The highest BCUT2D eigenvalue weighted by molar-refractivity contribution is 7.92. The summed E-state index contributed by atoms with van der Waals surface area (Å²) in [5, 5.41) is 3.54. The van der Waals surface area contributed by atoms with Crippen LogP contribution >= 0.6 is 11.6 Å². The van der Waals surface area contributed by atoms with E-state index in [0.717, 1.165) is 41.8 Å². The first-order valence-corrected chi connectivity index (χ1v) is 15.4. The van der Waals surface area contributed by atoms with E-state index in [0.29, 0.717) is 10.6 Å². The molecule has 7 nitrogen and oxygen atoms in total. The third kappa shape index (κ3) is 8.05.